The molecule has 0 bridgehead atoms. The highest BCUT2D eigenvalue weighted by molar-refractivity contribution is 6.70. The van der Waals surface area contributed by atoms with Gasteiger partial charge in [-0.15, -0.1) is 0 Å². The lowest BCUT2D eigenvalue weighted by Gasteiger charge is -2.19. The summed E-state index contributed by atoms with van der Waals surface area (Å²) < 4.78 is 5.82. The van der Waals surface area contributed by atoms with Crippen LogP contribution in [0.25, 0.3) is 0 Å². The van der Waals surface area contributed by atoms with Crippen LogP contribution in [0.2, 0.25) is 19.6 Å². The zero-order valence-electron chi connectivity index (χ0n) is 7.77. The van der Waals surface area contributed by atoms with Gasteiger partial charge in [-0.25, -0.2) is 0 Å². The smallest absolute Gasteiger partial charge is 0.241 e. The number of allylic oxidation sites excluding steroid dienone is 3. The van der Waals surface area contributed by atoms with Gasteiger partial charge in [0.05, 0.1) is 5.76 Å². The van der Waals surface area contributed by atoms with Gasteiger partial charge in [-0.2, -0.15) is 0 Å². The molecule has 1 nitrogen and oxygen atoms in total. The molecule has 0 aliphatic heterocycles. The SMILES string of the molecule is CC1=CCC(O[Si](C)(C)C)=C1. The average Bonchev–Trinajstić information content (AvgIpc) is 2.10. The Labute approximate surface area is 69.9 Å². The van der Waals surface area contributed by atoms with Crippen molar-refractivity contribution in [2.75, 3.05) is 0 Å². The summed E-state index contributed by atoms with van der Waals surface area (Å²) in [5.74, 6) is 1.15. The summed E-state index contributed by atoms with van der Waals surface area (Å²) in [6, 6.07) is 0. The van der Waals surface area contributed by atoms with Crippen LogP contribution in [0.4, 0.5) is 0 Å². The minimum Gasteiger partial charge on any atom is -0.547 e. The fourth-order valence-corrected chi connectivity index (χ4v) is 2.03. The largest absolute Gasteiger partial charge is 0.547 e. The number of hydrogen-bond acceptors (Lipinski definition) is 1. The molecule has 0 N–H and O–H groups in total. The highest BCUT2D eigenvalue weighted by Gasteiger charge is 2.18. The average molecular weight is 168 g/mol. The van der Waals surface area contributed by atoms with Gasteiger partial charge in [0, 0.05) is 6.42 Å². The fraction of sp³-hybridized carbons (Fsp3) is 0.556. The number of hydrogen-bond donors (Lipinski definition) is 0. The fourth-order valence-electron chi connectivity index (χ4n) is 1.10. The molecule has 0 amide bonds. The van der Waals surface area contributed by atoms with Gasteiger partial charge >= 0.3 is 0 Å². The van der Waals surface area contributed by atoms with Crippen molar-refractivity contribution in [2.24, 2.45) is 0 Å². The van der Waals surface area contributed by atoms with Gasteiger partial charge in [-0.1, -0.05) is 11.6 Å². The van der Waals surface area contributed by atoms with Gasteiger partial charge in [-0.3, -0.25) is 0 Å². The molecule has 1 aliphatic rings. The zero-order chi connectivity index (χ0) is 8.48. The highest BCUT2D eigenvalue weighted by atomic mass is 28.4. The predicted molar refractivity (Wildman–Crippen MR) is 50.9 cm³/mol. The van der Waals surface area contributed by atoms with Crippen molar-refractivity contribution < 1.29 is 4.43 Å². The van der Waals surface area contributed by atoms with E-state index in [-0.39, 0.29) is 0 Å². The second kappa shape index (κ2) is 2.86. The van der Waals surface area contributed by atoms with Gasteiger partial charge in [0.25, 0.3) is 0 Å². The van der Waals surface area contributed by atoms with E-state index in [4.69, 9.17) is 4.43 Å². The Bertz CT molecular complexity index is 208. The molecule has 11 heavy (non-hydrogen) atoms. The second-order valence-corrected chi connectivity index (χ2v) is 8.41. The van der Waals surface area contributed by atoms with Crippen molar-refractivity contribution in [1.82, 2.24) is 0 Å². The predicted octanol–water partition coefficient (Wildman–Crippen LogP) is 3.07. The summed E-state index contributed by atoms with van der Waals surface area (Å²) in [5, 5.41) is 0. The Kier molecular flexibility index (Phi) is 2.23. The third kappa shape index (κ3) is 2.93. The van der Waals surface area contributed by atoms with Crippen molar-refractivity contribution >= 4 is 8.32 Å². The molecule has 0 aromatic carbocycles. The molecule has 0 fully saturated rings. The van der Waals surface area contributed by atoms with E-state index >= 15 is 0 Å². The molecule has 2 heteroatoms. The molecule has 1 aliphatic carbocycles. The van der Waals surface area contributed by atoms with E-state index in [9.17, 15) is 0 Å². The monoisotopic (exact) mass is 168 g/mol. The zero-order valence-corrected chi connectivity index (χ0v) is 8.77. The number of rotatable bonds is 2. The van der Waals surface area contributed by atoms with Crippen LogP contribution in [0.5, 0.6) is 0 Å². The van der Waals surface area contributed by atoms with Crippen molar-refractivity contribution in [1.29, 1.82) is 0 Å². The summed E-state index contributed by atoms with van der Waals surface area (Å²) in [6.07, 6.45) is 5.34. The Morgan fingerprint density at radius 2 is 2.00 bits per heavy atom. The summed E-state index contributed by atoms with van der Waals surface area (Å²) >= 11 is 0. The minimum atomic E-state index is -1.35. The molecule has 0 spiro atoms. The molecule has 0 radical (unpaired) electrons. The molecule has 0 saturated carbocycles. The second-order valence-electron chi connectivity index (χ2n) is 3.98. The van der Waals surface area contributed by atoms with Crippen molar-refractivity contribution in [3.05, 3.63) is 23.5 Å². The molecule has 0 unspecified atom stereocenters. The summed E-state index contributed by atoms with van der Waals surface area (Å²) in [6.45, 7) is 8.74. The first-order valence-corrected chi connectivity index (χ1v) is 7.44. The van der Waals surface area contributed by atoms with Gasteiger partial charge in [0.15, 0.2) is 0 Å². The summed E-state index contributed by atoms with van der Waals surface area (Å²) in [5.41, 5.74) is 1.33. The summed E-state index contributed by atoms with van der Waals surface area (Å²) in [7, 11) is -1.35. The van der Waals surface area contributed by atoms with Crippen LogP contribution in [0, 0.1) is 0 Å². The van der Waals surface area contributed by atoms with Crippen LogP contribution < -0.4 is 0 Å². The van der Waals surface area contributed by atoms with Gasteiger partial charge in [0.2, 0.25) is 8.32 Å². The molecular weight excluding hydrogens is 152 g/mol. The third-order valence-corrected chi connectivity index (χ3v) is 2.33. The Hall–Kier alpha value is -0.503. The first-order chi connectivity index (χ1) is 4.97. The van der Waals surface area contributed by atoms with Crippen LogP contribution in [0.15, 0.2) is 23.5 Å². The molecule has 0 heterocycles. The van der Waals surface area contributed by atoms with Crippen molar-refractivity contribution in [3.63, 3.8) is 0 Å². The van der Waals surface area contributed by atoms with Crippen LogP contribution in [0.3, 0.4) is 0 Å². The van der Waals surface area contributed by atoms with Crippen molar-refractivity contribution in [2.45, 2.75) is 33.0 Å². The van der Waals surface area contributed by atoms with Crippen molar-refractivity contribution in [3.8, 4) is 0 Å². The van der Waals surface area contributed by atoms with E-state index in [1.165, 1.54) is 5.57 Å². The first kappa shape index (κ1) is 8.59. The van der Waals surface area contributed by atoms with Gasteiger partial charge in [-0.05, 0) is 32.6 Å². The molecule has 0 saturated heterocycles. The summed E-state index contributed by atoms with van der Waals surface area (Å²) in [4.78, 5) is 0. The van der Waals surface area contributed by atoms with Crippen LogP contribution >= 0.6 is 0 Å². The van der Waals surface area contributed by atoms with Crippen LogP contribution in [-0.2, 0) is 4.43 Å². The first-order valence-electron chi connectivity index (χ1n) is 4.04. The lowest BCUT2D eigenvalue weighted by molar-refractivity contribution is 0.415. The van der Waals surface area contributed by atoms with E-state index in [1.54, 1.807) is 0 Å². The molecule has 62 valence electrons. The molecule has 1 rings (SSSR count). The molecule has 0 aromatic heterocycles. The Morgan fingerprint density at radius 3 is 2.36 bits per heavy atom. The maximum atomic E-state index is 5.82. The van der Waals surface area contributed by atoms with Crippen LogP contribution in [0.1, 0.15) is 13.3 Å². The Balaban J connectivity index is 2.49. The van der Waals surface area contributed by atoms with E-state index in [0.29, 0.717) is 0 Å². The maximum absolute atomic E-state index is 5.82. The van der Waals surface area contributed by atoms with E-state index < -0.39 is 8.32 Å². The molecule has 0 atom stereocenters. The lowest BCUT2D eigenvalue weighted by atomic mass is 10.3. The van der Waals surface area contributed by atoms with Gasteiger partial charge < -0.3 is 4.43 Å². The minimum absolute atomic E-state index is 0.996. The van der Waals surface area contributed by atoms with E-state index in [0.717, 1.165) is 12.2 Å². The quantitative estimate of drug-likeness (QED) is 0.576. The standard InChI is InChI=1S/C9H16OSi/c1-8-5-6-9(7-8)10-11(2,3)4/h5,7H,6H2,1-4H3. The molecular formula is C9H16OSi. The lowest BCUT2D eigenvalue weighted by Crippen LogP contribution is -2.24. The Morgan fingerprint density at radius 1 is 1.36 bits per heavy atom. The normalized spacial score (nSPS) is 17.8. The van der Waals surface area contributed by atoms with E-state index in [2.05, 4.69) is 38.7 Å². The maximum Gasteiger partial charge on any atom is 0.241 e. The highest BCUT2D eigenvalue weighted by Crippen LogP contribution is 2.21. The topological polar surface area (TPSA) is 9.23 Å². The van der Waals surface area contributed by atoms with E-state index in [1.807, 2.05) is 0 Å². The van der Waals surface area contributed by atoms with Crippen LogP contribution in [-0.4, -0.2) is 8.32 Å². The molecule has 0 aromatic rings. The third-order valence-electron chi connectivity index (χ3n) is 1.45. The van der Waals surface area contributed by atoms with Gasteiger partial charge in [0.1, 0.15) is 0 Å².